The lowest BCUT2D eigenvalue weighted by Crippen LogP contribution is -2.46. The van der Waals surface area contributed by atoms with Crippen LogP contribution in [0, 0.1) is 0 Å². The van der Waals surface area contributed by atoms with Crippen LogP contribution in [0.4, 0.5) is 23.7 Å². The van der Waals surface area contributed by atoms with Crippen molar-refractivity contribution in [2.24, 2.45) is 0 Å². The van der Waals surface area contributed by atoms with Gasteiger partial charge in [-0.3, -0.25) is 4.79 Å². The van der Waals surface area contributed by atoms with E-state index in [4.69, 9.17) is 4.74 Å². The Kier molecular flexibility index (Phi) is 5.49. The van der Waals surface area contributed by atoms with Gasteiger partial charge in [0.15, 0.2) is 0 Å². The molecule has 1 unspecified atom stereocenters. The number of anilines is 1. The Labute approximate surface area is 164 Å². The molecular weight excluding hydrogens is 387 g/mol. The zero-order valence-electron chi connectivity index (χ0n) is 15.6. The predicted octanol–water partition coefficient (Wildman–Crippen LogP) is 3.98. The van der Waals surface area contributed by atoms with Crippen LogP contribution in [-0.4, -0.2) is 19.0 Å². The van der Waals surface area contributed by atoms with Crippen molar-refractivity contribution in [1.82, 2.24) is 10.6 Å². The maximum atomic E-state index is 13.5. The number of amides is 3. The molecule has 1 aliphatic heterocycles. The third kappa shape index (κ3) is 4.34. The first-order valence-corrected chi connectivity index (χ1v) is 8.60. The molecule has 0 radical (unpaired) electrons. The van der Waals surface area contributed by atoms with Gasteiger partial charge < -0.3 is 20.7 Å². The second-order valence-electron chi connectivity index (χ2n) is 6.34. The first-order chi connectivity index (χ1) is 13.7. The van der Waals surface area contributed by atoms with Crippen LogP contribution in [0.25, 0.3) is 0 Å². The van der Waals surface area contributed by atoms with Crippen molar-refractivity contribution >= 4 is 17.6 Å². The fourth-order valence-electron chi connectivity index (χ4n) is 3.11. The fourth-order valence-corrected chi connectivity index (χ4v) is 3.11. The van der Waals surface area contributed by atoms with Gasteiger partial charge in [-0.15, -0.1) is 0 Å². The minimum Gasteiger partial charge on any atom is -0.497 e. The highest BCUT2D eigenvalue weighted by atomic mass is 19.4. The lowest BCUT2D eigenvalue weighted by Gasteiger charge is -2.30. The molecule has 29 heavy (non-hydrogen) atoms. The Hall–Kier alpha value is -3.49. The van der Waals surface area contributed by atoms with Crippen LogP contribution in [0.2, 0.25) is 0 Å². The SMILES string of the molecule is COc1ccc(NC(=O)C2=C(C)NC(=O)NC2c2ccccc2C(F)(F)F)cc1. The number of alkyl halides is 3. The van der Waals surface area contributed by atoms with Gasteiger partial charge in [-0.2, -0.15) is 13.2 Å². The molecule has 0 bridgehead atoms. The van der Waals surface area contributed by atoms with Crippen molar-refractivity contribution in [3.63, 3.8) is 0 Å². The van der Waals surface area contributed by atoms with Gasteiger partial charge >= 0.3 is 12.2 Å². The van der Waals surface area contributed by atoms with Crippen LogP contribution >= 0.6 is 0 Å². The maximum absolute atomic E-state index is 13.5. The van der Waals surface area contributed by atoms with E-state index < -0.39 is 29.7 Å². The summed E-state index contributed by atoms with van der Waals surface area (Å²) < 4.78 is 45.5. The molecule has 3 rings (SSSR count). The van der Waals surface area contributed by atoms with Gasteiger partial charge in [-0.05, 0) is 42.8 Å². The van der Waals surface area contributed by atoms with E-state index in [9.17, 15) is 22.8 Å². The number of hydrogen-bond donors (Lipinski definition) is 3. The zero-order chi connectivity index (χ0) is 21.2. The summed E-state index contributed by atoms with van der Waals surface area (Å²) in [5.41, 5.74) is -0.557. The first-order valence-electron chi connectivity index (χ1n) is 8.60. The summed E-state index contributed by atoms with van der Waals surface area (Å²) in [6.07, 6.45) is -4.64. The van der Waals surface area contributed by atoms with Crippen LogP contribution in [0.3, 0.4) is 0 Å². The average Bonchev–Trinajstić information content (AvgIpc) is 2.67. The molecule has 0 aromatic heterocycles. The van der Waals surface area contributed by atoms with E-state index in [1.165, 1.54) is 32.2 Å². The highest BCUT2D eigenvalue weighted by molar-refractivity contribution is 6.06. The normalized spacial score (nSPS) is 16.7. The maximum Gasteiger partial charge on any atom is 0.416 e. The summed E-state index contributed by atoms with van der Waals surface area (Å²) >= 11 is 0. The van der Waals surface area contributed by atoms with Gasteiger partial charge in [-0.25, -0.2) is 4.79 Å². The number of rotatable bonds is 4. The lowest BCUT2D eigenvalue weighted by atomic mass is 9.91. The van der Waals surface area contributed by atoms with E-state index in [1.54, 1.807) is 24.3 Å². The van der Waals surface area contributed by atoms with Crippen molar-refractivity contribution in [1.29, 1.82) is 0 Å². The number of urea groups is 1. The van der Waals surface area contributed by atoms with Gasteiger partial charge in [0.05, 0.1) is 24.3 Å². The van der Waals surface area contributed by atoms with Crippen LogP contribution in [-0.2, 0) is 11.0 Å². The molecule has 3 amide bonds. The zero-order valence-corrected chi connectivity index (χ0v) is 15.6. The van der Waals surface area contributed by atoms with Gasteiger partial charge in [0.25, 0.3) is 5.91 Å². The van der Waals surface area contributed by atoms with Crippen LogP contribution < -0.4 is 20.7 Å². The number of ether oxygens (including phenoxy) is 1. The fraction of sp³-hybridized carbons (Fsp3) is 0.200. The van der Waals surface area contributed by atoms with Gasteiger partial charge in [0, 0.05) is 11.4 Å². The summed E-state index contributed by atoms with van der Waals surface area (Å²) in [4.78, 5) is 24.8. The Morgan fingerprint density at radius 1 is 1.10 bits per heavy atom. The molecule has 3 N–H and O–H groups in total. The number of carbonyl (C=O) groups is 2. The van der Waals surface area contributed by atoms with E-state index in [-0.39, 0.29) is 16.8 Å². The van der Waals surface area contributed by atoms with E-state index in [1.807, 2.05) is 0 Å². The smallest absolute Gasteiger partial charge is 0.416 e. The molecule has 1 aliphatic rings. The summed E-state index contributed by atoms with van der Waals surface area (Å²) in [6, 6.07) is 9.34. The van der Waals surface area contributed by atoms with Crippen molar-refractivity contribution in [3.05, 3.63) is 70.9 Å². The van der Waals surface area contributed by atoms with Crippen molar-refractivity contribution < 1.29 is 27.5 Å². The van der Waals surface area contributed by atoms with Crippen molar-refractivity contribution in [2.45, 2.75) is 19.1 Å². The third-order valence-corrected chi connectivity index (χ3v) is 4.44. The number of allylic oxidation sites excluding steroid dienone is 1. The highest BCUT2D eigenvalue weighted by Crippen LogP contribution is 2.38. The number of methoxy groups -OCH3 is 1. The molecule has 0 spiro atoms. The standard InChI is InChI=1S/C20H18F3N3O3/c1-11-16(18(27)25-12-7-9-13(29-2)10-8-12)17(26-19(28)24-11)14-5-3-4-6-15(14)20(21,22)23/h3-10,17H,1-2H3,(H,25,27)(H2,24,26,28). The molecule has 6 nitrogen and oxygen atoms in total. The van der Waals surface area contributed by atoms with E-state index in [0.717, 1.165) is 6.07 Å². The average molecular weight is 405 g/mol. The molecule has 0 saturated carbocycles. The Balaban J connectivity index is 1.99. The molecule has 9 heteroatoms. The molecular formula is C20H18F3N3O3. The number of benzene rings is 2. The van der Waals surface area contributed by atoms with Crippen LogP contribution in [0.5, 0.6) is 5.75 Å². The minimum absolute atomic E-state index is 0.0166. The number of nitrogens with one attached hydrogen (secondary N) is 3. The quantitative estimate of drug-likeness (QED) is 0.720. The van der Waals surface area contributed by atoms with Crippen molar-refractivity contribution in [3.8, 4) is 5.75 Å². The molecule has 1 atom stereocenters. The predicted molar refractivity (Wildman–Crippen MR) is 100 cm³/mol. The Morgan fingerprint density at radius 2 is 1.76 bits per heavy atom. The van der Waals surface area contributed by atoms with E-state index >= 15 is 0 Å². The van der Waals surface area contributed by atoms with E-state index in [0.29, 0.717) is 11.4 Å². The molecule has 0 fully saturated rings. The number of halogens is 3. The largest absolute Gasteiger partial charge is 0.497 e. The summed E-state index contributed by atoms with van der Waals surface area (Å²) in [5, 5.41) is 7.50. The number of carbonyl (C=O) groups excluding carboxylic acids is 2. The second kappa shape index (κ2) is 7.86. The monoisotopic (exact) mass is 405 g/mol. The molecule has 152 valence electrons. The molecule has 0 saturated heterocycles. The molecule has 2 aromatic carbocycles. The Bertz CT molecular complexity index is 969. The summed E-state index contributed by atoms with van der Waals surface area (Å²) in [5.74, 6) is -0.0517. The minimum atomic E-state index is -4.64. The van der Waals surface area contributed by atoms with E-state index in [2.05, 4.69) is 16.0 Å². The Morgan fingerprint density at radius 3 is 2.38 bits per heavy atom. The molecule has 1 heterocycles. The summed E-state index contributed by atoms with van der Waals surface area (Å²) in [6.45, 7) is 1.46. The third-order valence-electron chi connectivity index (χ3n) is 4.44. The van der Waals surface area contributed by atoms with Gasteiger partial charge in [-0.1, -0.05) is 18.2 Å². The van der Waals surface area contributed by atoms with Gasteiger partial charge in [0.1, 0.15) is 5.75 Å². The number of hydrogen-bond acceptors (Lipinski definition) is 3. The van der Waals surface area contributed by atoms with Crippen LogP contribution in [0.15, 0.2) is 59.8 Å². The van der Waals surface area contributed by atoms with Gasteiger partial charge in [0.2, 0.25) is 0 Å². The highest BCUT2D eigenvalue weighted by Gasteiger charge is 2.39. The van der Waals surface area contributed by atoms with Crippen LogP contribution in [0.1, 0.15) is 24.1 Å². The second-order valence-corrected chi connectivity index (χ2v) is 6.34. The molecule has 2 aromatic rings. The lowest BCUT2D eigenvalue weighted by molar-refractivity contribution is -0.138. The summed E-state index contributed by atoms with van der Waals surface area (Å²) in [7, 11) is 1.50. The first kappa shape index (κ1) is 20.2. The molecule has 0 aliphatic carbocycles. The van der Waals surface area contributed by atoms with Crippen molar-refractivity contribution in [2.75, 3.05) is 12.4 Å². The topological polar surface area (TPSA) is 79.5 Å².